The van der Waals surface area contributed by atoms with Gasteiger partial charge in [-0.1, -0.05) is 0 Å². The number of nitrogens with one attached hydrogen (secondary N) is 1. The van der Waals surface area contributed by atoms with Gasteiger partial charge in [0.25, 0.3) is 5.91 Å². The van der Waals surface area contributed by atoms with Crippen LogP contribution in [0.1, 0.15) is 27.4 Å². The molecule has 6 nitrogen and oxygen atoms in total. The van der Waals surface area contributed by atoms with Gasteiger partial charge in [0, 0.05) is 36.4 Å². The maximum atomic E-state index is 12.5. The predicted octanol–water partition coefficient (Wildman–Crippen LogP) is 2.25. The Kier molecular flexibility index (Phi) is 4.76. The van der Waals surface area contributed by atoms with E-state index >= 15 is 0 Å². The lowest BCUT2D eigenvalue weighted by molar-refractivity contribution is 0.0934. The van der Waals surface area contributed by atoms with E-state index in [0.717, 1.165) is 36.8 Å². The number of carbonyl (C=O) groups excluding carboxylic acids is 1. The van der Waals surface area contributed by atoms with Gasteiger partial charge in [-0.15, -0.1) is 11.3 Å². The lowest BCUT2D eigenvalue weighted by Gasteiger charge is -2.33. The first-order valence-electron chi connectivity index (χ1n) is 7.64. The first kappa shape index (κ1) is 15.7. The third-order valence-corrected chi connectivity index (χ3v) is 4.87. The van der Waals surface area contributed by atoms with Crippen LogP contribution in [0, 0.1) is 6.92 Å². The van der Waals surface area contributed by atoms with E-state index in [9.17, 15) is 4.79 Å². The molecular weight excluding hydrogens is 312 g/mol. The van der Waals surface area contributed by atoms with Crippen LogP contribution in [0.3, 0.4) is 0 Å². The van der Waals surface area contributed by atoms with Crippen LogP contribution in [-0.4, -0.2) is 42.1 Å². The predicted molar refractivity (Wildman–Crippen MR) is 90.3 cm³/mol. The number of amides is 1. The SMILES string of the molecule is COc1cc(C)sc1C(=O)N[C@H]1CCCN(c2ncccn2)C1. The highest BCUT2D eigenvalue weighted by Crippen LogP contribution is 2.28. The summed E-state index contributed by atoms with van der Waals surface area (Å²) in [7, 11) is 1.59. The maximum absolute atomic E-state index is 12.5. The molecule has 1 fully saturated rings. The van der Waals surface area contributed by atoms with E-state index in [2.05, 4.69) is 20.2 Å². The Morgan fingerprint density at radius 2 is 2.22 bits per heavy atom. The Labute approximate surface area is 139 Å². The van der Waals surface area contributed by atoms with Gasteiger partial charge in [0.2, 0.25) is 5.95 Å². The standard InChI is InChI=1S/C16H20N4O2S/c1-11-9-13(22-2)14(23-11)15(21)19-12-5-3-8-20(10-12)16-17-6-4-7-18-16/h4,6-7,9,12H,3,5,8,10H2,1-2H3,(H,19,21)/t12-/m0/s1. The number of aryl methyl sites for hydroxylation is 1. The Morgan fingerprint density at radius 3 is 2.96 bits per heavy atom. The van der Waals surface area contributed by atoms with E-state index in [1.54, 1.807) is 25.6 Å². The van der Waals surface area contributed by atoms with Crippen LogP contribution in [-0.2, 0) is 0 Å². The molecule has 0 aromatic carbocycles. The van der Waals surface area contributed by atoms with E-state index in [-0.39, 0.29) is 11.9 Å². The van der Waals surface area contributed by atoms with E-state index in [1.807, 2.05) is 13.0 Å². The minimum Gasteiger partial charge on any atom is -0.495 e. The molecule has 1 atom stereocenters. The summed E-state index contributed by atoms with van der Waals surface area (Å²) in [5.74, 6) is 1.29. The monoisotopic (exact) mass is 332 g/mol. The lowest BCUT2D eigenvalue weighted by Crippen LogP contribution is -2.48. The molecule has 0 radical (unpaired) electrons. The molecule has 0 aliphatic carbocycles. The van der Waals surface area contributed by atoms with Gasteiger partial charge in [-0.3, -0.25) is 4.79 Å². The molecule has 1 aliphatic heterocycles. The zero-order valence-electron chi connectivity index (χ0n) is 13.3. The van der Waals surface area contributed by atoms with Crippen LogP contribution in [0.5, 0.6) is 5.75 Å². The minimum atomic E-state index is -0.0687. The molecule has 7 heteroatoms. The molecule has 1 amide bonds. The molecular formula is C16H20N4O2S. The summed E-state index contributed by atoms with van der Waals surface area (Å²) in [6.45, 7) is 3.61. The highest BCUT2D eigenvalue weighted by atomic mass is 32.1. The summed E-state index contributed by atoms with van der Waals surface area (Å²) in [5, 5.41) is 3.12. The van der Waals surface area contributed by atoms with Crippen molar-refractivity contribution in [2.75, 3.05) is 25.1 Å². The van der Waals surface area contributed by atoms with E-state index in [0.29, 0.717) is 10.6 Å². The van der Waals surface area contributed by atoms with E-state index < -0.39 is 0 Å². The highest BCUT2D eigenvalue weighted by molar-refractivity contribution is 7.14. The van der Waals surface area contributed by atoms with Crippen molar-refractivity contribution >= 4 is 23.2 Å². The molecule has 3 rings (SSSR count). The topological polar surface area (TPSA) is 67.3 Å². The number of rotatable bonds is 4. The van der Waals surface area contributed by atoms with Gasteiger partial charge >= 0.3 is 0 Å². The van der Waals surface area contributed by atoms with Crippen molar-refractivity contribution < 1.29 is 9.53 Å². The van der Waals surface area contributed by atoms with Gasteiger partial charge in [0.1, 0.15) is 10.6 Å². The third kappa shape index (κ3) is 3.61. The fourth-order valence-corrected chi connectivity index (χ4v) is 3.67. The number of piperidine rings is 1. The molecule has 0 bridgehead atoms. The van der Waals surface area contributed by atoms with Crippen LogP contribution >= 0.6 is 11.3 Å². The zero-order valence-corrected chi connectivity index (χ0v) is 14.1. The second-order valence-corrected chi connectivity index (χ2v) is 6.82. The molecule has 23 heavy (non-hydrogen) atoms. The average Bonchev–Trinajstić information content (AvgIpc) is 2.97. The molecule has 0 saturated carbocycles. The van der Waals surface area contributed by atoms with Gasteiger partial charge in [0.15, 0.2) is 0 Å². The van der Waals surface area contributed by atoms with Gasteiger partial charge < -0.3 is 15.0 Å². The number of hydrogen-bond acceptors (Lipinski definition) is 6. The molecule has 122 valence electrons. The summed E-state index contributed by atoms with van der Waals surface area (Å²) in [5.41, 5.74) is 0. The first-order valence-corrected chi connectivity index (χ1v) is 8.46. The fourth-order valence-electron chi connectivity index (χ4n) is 2.78. The first-order chi connectivity index (χ1) is 11.2. The zero-order chi connectivity index (χ0) is 16.2. The summed E-state index contributed by atoms with van der Waals surface area (Å²) >= 11 is 1.46. The Morgan fingerprint density at radius 1 is 1.43 bits per heavy atom. The van der Waals surface area contributed by atoms with E-state index in [4.69, 9.17) is 4.74 Å². The van der Waals surface area contributed by atoms with Crippen molar-refractivity contribution in [3.63, 3.8) is 0 Å². The van der Waals surface area contributed by atoms with Crippen LogP contribution in [0.25, 0.3) is 0 Å². The van der Waals surface area contributed by atoms with Crippen molar-refractivity contribution in [3.8, 4) is 5.75 Å². The molecule has 1 N–H and O–H groups in total. The fraction of sp³-hybridized carbons (Fsp3) is 0.438. The molecule has 1 saturated heterocycles. The van der Waals surface area contributed by atoms with Crippen molar-refractivity contribution in [2.24, 2.45) is 0 Å². The van der Waals surface area contributed by atoms with Gasteiger partial charge in [-0.2, -0.15) is 0 Å². The van der Waals surface area contributed by atoms with Crippen LogP contribution in [0.2, 0.25) is 0 Å². The minimum absolute atomic E-state index is 0.0687. The molecule has 3 heterocycles. The maximum Gasteiger partial charge on any atom is 0.265 e. The number of hydrogen-bond donors (Lipinski definition) is 1. The van der Waals surface area contributed by atoms with Crippen LogP contribution in [0.4, 0.5) is 5.95 Å². The second kappa shape index (κ2) is 6.95. The van der Waals surface area contributed by atoms with Crippen LogP contribution in [0.15, 0.2) is 24.5 Å². The number of aromatic nitrogens is 2. The number of ether oxygens (including phenoxy) is 1. The van der Waals surface area contributed by atoms with Crippen LogP contribution < -0.4 is 15.0 Å². The number of nitrogens with zero attached hydrogens (tertiary/aromatic N) is 3. The lowest BCUT2D eigenvalue weighted by atomic mass is 10.1. The summed E-state index contributed by atoms with van der Waals surface area (Å²) in [6.07, 6.45) is 5.44. The number of carbonyl (C=O) groups is 1. The summed E-state index contributed by atoms with van der Waals surface area (Å²) < 4.78 is 5.29. The molecule has 1 aliphatic rings. The molecule has 0 spiro atoms. The Hall–Kier alpha value is -2.15. The molecule has 2 aromatic rings. The number of thiophene rings is 1. The Bertz CT molecular complexity index is 674. The average molecular weight is 332 g/mol. The van der Waals surface area contributed by atoms with Crippen molar-refractivity contribution in [2.45, 2.75) is 25.8 Å². The highest BCUT2D eigenvalue weighted by Gasteiger charge is 2.25. The number of methoxy groups -OCH3 is 1. The largest absolute Gasteiger partial charge is 0.495 e. The molecule has 2 aromatic heterocycles. The Balaban J connectivity index is 1.66. The van der Waals surface area contributed by atoms with Gasteiger partial charge in [0.05, 0.1) is 7.11 Å². The second-order valence-electron chi connectivity index (χ2n) is 5.56. The van der Waals surface area contributed by atoms with E-state index in [1.165, 1.54) is 11.3 Å². The smallest absolute Gasteiger partial charge is 0.265 e. The normalized spacial score (nSPS) is 17.8. The summed E-state index contributed by atoms with van der Waals surface area (Å²) in [6, 6.07) is 3.79. The van der Waals surface area contributed by atoms with Crippen molar-refractivity contribution in [1.29, 1.82) is 0 Å². The van der Waals surface area contributed by atoms with Gasteiger partial charge in [-0.25, -0.2) is 9.97 Å². The van der Waals surface area contributed by atoms with Crippen molar-refractivity contribution in [3.05, 3.63) is 34.3 Å². The molecule has 0 unspecified atom stereocenters. The van der Waals surface area contributed by atoms with Crippen molar-refractivity contribution in [1.82, 2.24) is 15.3 Å². The third-order valence-electron chi connectivity index (χ3n) is 3.84. The summed E-state index contributed by atoms with van der Waals surface area (Å²) in [4.78, 5) is 24.9. The quantitative estimate of drug-likeness (QED) is 0.930. The van der Waals surface area contributed by atoms with Gasteiger partial charge in [-0.05, 0) is 31.9 Å². The number of anilines is 1.